The van der Waals surface area contributed by atoms with Crippen LogP contribution in [0.5, 0.6) is 0 Å². The summed E-state index contributed by atoms with van der Waals surface area (Å²) in [5.74, 6) is 0.674. The molecule has 0 spiro atoms. The Kier molecular flexibility index (Phi) is 3.24. The fourth-order valence-corrected chi connectivity index (χ4v) is 2.16. The van der Waals surface area contributed by atoms with Gasteiger partial charge in [0.1, 0.15) is 12.0 Å². The van der Waals surface area contributed by atoms with Crippen molar-refractivity contribution in [2.75, 3.05) is 5.32 Å². The van der Waals surface area contributed by atoms with Crippen LogP contribution in [-0.4, -0.2) is 14.6 Å². The first-order valence-electron chi connectivity index (χ1n) is 5.83. The Morgan fingerprint density at radius 1 is 1.26 bits per heavy atom. The molecule has 0 aliphatic rings. The molecule has 0 aliphatic carbocycles. The summed E-state index contributed by atoms with van der Waals surface area (Å²) in [6.45, 7) is 2.51. The predicted molar refractivity (Wildman–Crippen MR) is 73.9 cm³/mol. The Balaban J connectivity index is 1.69. The first kappa shape index (κ1) is 11.9. The standard InChI is InChI=1S/C13H12N4OS/c1-9-15-13(7-18-9)10-2-4-11(5-3-10)14-6-12-8-19-17-16-12/h2-5,7-8,14H,6H2,1H3. The lowest BCUT2D eigenvalue weighted by atomic mass is 10.1. The Morgan fingerprint density at radius 2 is 2.11 bits per heavy atom. The van der Waals surface area contributed by atoms with Gasteiger partial charge in [-0.05, 0) is 23.7 Å². The Labute approximate surface area is 114 Å². The number of nitrogens with zero attached hydrogens (tertiary/aromatic N) is 3. The highest BCUT2D eigenvalue weighted by Crippen LogP contribution is 2.20. The Bertz CT molecular complexity index is 646. The summed E-state index contributed by atoms with van der Waals surface area (Å²) in [4.78, 5) is 4.29. The zero-order valence-corrected chi connectivity index (χ0v) is 11.1. The van der Waals surface area contributed by atoms with E-state index in [1.807, 2.05) is 36.6 Å². The predicted octanol–water partition coefficient (Wildman–Crippen LogP) is 3.11. The highest BCUT2D eigenvalue weighted by molar-refractivity contribution is 7.03. The van der Waals surface area contributed by atoms with Crippen LogP contribution in [0.15, 0.2) is 40.3 Å². The van der Waals surface area contributed by atoms with E-state index >= 15 is 0 Å². The summed E-state index contributed by atoms with van der Waals surface area (Å²) in [6.07, 6.45) is 1.67. The fraction of sp³-hybridized carbons (Fsp3) is 0.154. The van der Waals surface area contributed by atoms with Crippen molar-refractivity contribution in [1.29, 1.82) is 0 Å². The smallest absolute Gasteiger partial charge is 0.191 e. The summed E-state index contributed by atoms with van der Waals surface area (Å²) in [7, 11) is 0. The van der Waals surface area contributed by atoms with Gasteiger partial charge in [-0.15, -0.1) is 5.10 Å². The molecule has 96 valence electrons. The van der Waals surface area contributed by atoms with Crippen molar-refractivity contribution in [3.05, 3.63) is 47.5 Å². The van der Waals surface area contributed by atoms with Crippen molar-refractivity contribution in [2.45, 2.75) is 13.5 Å². The molecule has 0 atom stereocenters. The van der Waals surface area contributed by atoms with Crippen LogP contribution in [0.4, 0.5) is 5.69 Å². The van der Waals surface area contributed by atoms with Crippen LogP contribution in [0.25, 0.3) is 11.3 Å². The Hall–Kier alpha value is -2.21. The molecule has 0 fully saturated rings. The van der Waals surface area contributed by atoms with E-state index in [0.29, 0.717) is 12.4 Å². The number of anilines is 1. The van der Waals surface area contributed by atoms with Gasteiger partial charge in [-0.1, -0.05) is 16.6 Å². The number of aromatic nitrogens is 3. The van der Waals surface area contributed by atoms with Gasteiger partial charge < -0.3 is 9.73 Å². The van der Waals surface area contributed by atoms with Crippen LogP contribution >= 0.6 is 11.5 Å². The molecule has 5 nitrogen and oxygen atoms in total. The third-order valence-electron chi connectivity index (χ3n) is 2.68. The van der Waals surface area contributed by atoms with E-state index in [0.717, 1.165) is 22.6 Å². The summed E-state index contributed by atoms with van der Waals surface area (Å²) in [6, 6.07) is 8.05. The largest absolute Gasteiger partial charge is 0.449 e. The minimum Gasteiger partial charge on any atom is -0.449 e. The van der Waals surface area contributed by atoms with Crippen molar-refractivity contribution in [3.8, 4) is 11.3 Å². The van der Waals surface area contributed by atoms with Crippen LogP contribution in [0.1, 0.15) is 11.6 Å². The van der Waals surface area contributed by atoms with Crippen molar-refractivity contribution in [1.82, 2.24) is 14.6 Å². The van der Waals surface area contributed by atoms with Crippen LogP contribution in [-0.2, 0) is 6.54 Å². The highest BCUT2D eigenvalue weighted by Gasteiger charge is 2.03. The molecule has 0 radical (unpaired) electrons. The molecule has 0 unspecified atom stereocenters. The van der Waals surface area contributed by atoms with Gasteiger partial charge in [-0.3, -0.25) is 0 Å². The minimum atomic E-state index is 0.674. The fourth-order valence-electron chi connectivity index (χ4n) is 1.71. The summed E-state index contributed by atoms with van der Waals surface area (Å²) in [5, 5.41) is 9.20. The normalized spacial score (nSPS) is 10.6. The molecule has 6 heteroatoms. The molecule has 0 saturated carbocycles. The zero-order valence-electron chi connectivity index (χ0n) is 10.3. The number of hydrogen-bond acceptors (Lipinski definition) is 6. The summed E-state index contributed by atoms with van der Waals surface area (Å²) < 4.78 is 9.03. The molecule has 2 heterocycles. The molecule has 1 aromatic carbocycles. The molecule has 3 aromatic rings. The lowest BCUT2D eigenvalue weighted by Crippen LogP contribution is -1.99. The van der Waals surface area contributed by atoms with Gasteiger partial charge in [0.05, 0.1) is 12.2 Å². The minimum absolute atomic E-state index is 0.674. The lowest BCUT2D eigenvalue weighted by Gasteiger charge is -2.04. The number of oxazole rings is 1. The van der Waals surface area contributed by atoms with E-state index in [-0.39, 0.29) is 0 Å². The van der Waals surface area contributed by atoms with Gasteiger partial charge in [0, 0.05) is 23.6 Å². The molecule has 3 rings (SSSR count). The maximum atomic E-state index is 5.20. The number of rotatable bonds is 4. The molecule has 0 amide bonds. The van der Waals surface area contributed by atoms with E-state index < -0.39 is 0 Å². The molecular formula is C13H12N4OS. The Morgan fingerprint density at radius 3 is 2.74 bits per heavy atom. The zero-order chi connectivity index (χ0) is 13.1. The number of benzene rings is 1. The van der Waals surface area contributed by atoms with Crippen molar-refractivity contribution in [2.24, 2.45) is 0 Å². The van der Waals surface area contributed by atoms with E-state index in [9.17, 15) is 0 Å². The van der Waals surface area contributed by atoms with Gasteiger partial charge in [0.2, 0.25) is 0 Å². The van der Waals surface area contributed by atoms with Gasteiger partial charge in [-0.25, -0.2) is 4.98 Å². The van der Waals surface area contributed by atoms with Crippen molar-refractivity contribution >= 4 is 17.2 Å². The van der Waals surface area contributed by atoms with Crippen molar-refractivity contribution < 1.29 is 4.42 Å². The SMILES string of the molecule is Cc1nc(-c2ccc(NCc3csnn3)cc2)co1. The number of hydrogen-bond donors (Lipinski definition) is 1. The quantitative estimate of drug-likeness (QED) is 0.790. The molecule has 0 saturated heterocycles. The molecule has 19 heavy (non-hydrogen) atoms. The van der Waals surface area contributed by atoms with E-state index in [2.05, 4.69) is 19.9 Å². The average molecular weight is 272 g/mol. The lowest BCUT2D eigenvalue weighted by molar-refractivity contribution is 0.521. The molecule has 1 N–H and O–H groups in total. The molecule has 0 aliphatic heterocycles. The molecule has 0 bridgehead atoms. The van der Waals surface area contributed by atoms with E-state index in [4.69, 9.17) is 4.42 Å². The molecular weight excluding hydrogens is 260 g/mol. The first-order valence-corrected chi connectivity index (χ1v) is 6.67. The van der Waals surface area contributed by atoms with E-state index in [1.165, 1.54) is 11.5 Å². The first-order chi connectivity index (χ1) is 9.31. The number of aryl methyl sites for hydroxylation is 1. The second-order valence-corrected chi connectivity index (χ2v) is 4.69. The highest BCUT2D eigenvalue weighted by atomic mass is 32.1. The maximum Gasteiger partial charge on any atom is 0.191 e. The third-order valence-corrected chi connectivity index (χ3v) is 3.23. The molecule has 2 aromatic heterocycles. The van der Waals surface area contributed by atoms with Crippen LogP contribution in [0.3, 0.4) is 0 Å². The van der Waals surface area contributed by atoms with Crippen molar-refractivity contribution in [3.63, 3.8) is 0 Å². The maximum absolute atomic E-state index is 5.20. The topological polar surface area (TPSA) is 63.8 Å². The number of nitrogens with one attached hydrogen (secondary N) is 1. The van der Waals surface area contributed by atoms with Gasteiger partial charge in [0.15, 0.2) is 5.89 Å². The summed E-state index contributed by atoms with van der Waals surface area (Å²) in [5.41, 5.74) is 3.88. The van der Waals surface area contributed by atoms with Gasteiger partial charge in [-0.2, -0.15) is 0 Å². The van der Waals surface area contributed by atoms with Crippen LogP contribution in [0.2, 0.25) is 0 Å². The second-order valence-electron chi connectivity index (χ2n) is 4.08. The van der Waals surface area contributed by atoms with Gasteiger partial charge in [0.25, 0.3) is 0 Å². The summed E-state index contributed by atoms with van der Waals surface area (Å²) >= 11 is 1.36. The average Bonchev–Trinajstić information content (AvgIpc) is 3.08. The monoisotopic (exact) mass is 272 g/mol. The van der Waals surface area contributed by atoms with Crippen LogP contribution in [0, 0.1) is 6.92 Å². The third kappa shape index (κ3) is 2.79. The van der Waals surface area contributed by atoms with Crippen LogP contribution < -0.4 is 5.32 Å². The van der Waals surface area contributed by atoms with E-state index in [1.54, 1.807) is 6.26 Å². The second kappa shape index (κ2) is 5.19. The van der Waals surface area contributed by atoms with Gasteiger partial charge >= 0.3 is 0 Å².